The maximum absolute atomic E-state index is 11.9. The van der Waals surface area contributed by atoms with Crippen molar-refractivity contribution in [1.29, 1.82) is 0 Å². The fourth-order valence-electron chi connectivity index (χ4n) is 1.66. The third-order valence-electron chi connectivity index (χ3n) is 2.76. The minimum absolute atomic E-state index is 0.0990. The molecule has 1 amide bonds. The highest BCUT2D eigenvalue weighted by Gasteiger charge is 2.15. The number of aromatic nitrogens is 1. The van der Waals surface area contributed by atoms with Crippen molar-refractivity contribution in [2.24, 2.45) is 0 Å². The highest BCUT2D eigenvalue weighted by atomic mass is 32.2. The molecule has 3 N–H and O–H groups in total. The van der Waals surface area contributed by atoms with E-state index in [0.717, 1.165) is 0 Å². The van der Waals surface area contributed by atoms with Crippen LogP contribution in [0, 0.1) is 0 Å². The van der Waals surface area contributed by atoms with E-state index in [-0.39, 0.29) is 10.8 Å². The number of aliphatic carboxylic acids is 1. The van der Waals surface area contributed by atoms with Crippen LogP contribution in [0.3, 0.4) is 0 Å². The molecule has 1 heterocycles. The molecular formula is C14H13N3O5S. The predicted molar refractivity (Wildman–Crippen MR) is 81.5 cm³/mol. The summed E-state index contributed by atoms with van der Waals surface area (Å²) < 4.78 is 25.6. The van der Waals surface area contributed by atoms with Gasteiger partial charge >= 0.3 is 5.97 Å². The van der Waals surface area contributed by atoms with Crippen molar-refractivity contribution >= 4 is 27.6 Å². The Morgan fingerprint density at radius 3 is 2.39 bits per heavy atom. The first-order chi connectivity index (χ1) is 10.9. The molecule has 0 aliphatic carbocycles. The van der Waals surface area contributed by atoms with Gasteiger partial charge in [0.2, 0.25) is 10.0 Å². The minimum Gasteiger partial charge on any atom is -0.480 e. The van der Waals surface area contributed by atoms with Crippen LogP contribution >= 0.6 is 0 Å². The summed E-state index contributed by atoms with van der Waals surface area (Å²) in [6.07, 6.45) is 2.95. The summed E-state index contributed by atoms with van der Waals surface area (Å²) in [6, 6.07) is 8.56. The van der Waals surface area contributed by atoms with Gasteiger partial charge in [0.05, 0.1) is 10.5 Å². The molecule has 0 aliphatic rings. The summed E-state index contributed by atoms with van der Waals surface area (Å²) in [6.45, 7) is -0.707. The standard InChI is InChI=1S/C14H13N3O5S/c18-13(19)9-16-23(21,22)12-5-3-11(4-6-12)17-14(20)10-2-1-7-15-8-10/h1-8,16H,9H2,(H,17,20)(H,18,19). The zero-order chi connectivity index (χ0) is 16.9. The largest absolute Gasteiger partial charge is 0.480 e. The summed E-state index contributed by atoms with van der Waals surface area (Å²) in [5.74, 6) is -1.66. The van der Waals surface area contributed by atoms with Crippen molar-refractivity contribution < 1.29 is 23.1 Å². The number of carboxylic acids is 1. The van der Waals surface area contributed by atoms with E-state index in [1.807, 2.05) is 4.72 Å². The second-order valence-electron chi connectivity index (χ2n) is 4.44. The molecule has 1 aromatic carbocycles. The molecule has 9 heteroatoms. The Bertz CT molecular complexity index is 804. The lowest BCUT2D eigenvalue weighted by atomic mass is 10.2. The highest BCUT2D eigenvalue weighted by molar-refractivity contribution is 7.89. The molecule has 0 spiro atoms. The lowest BCUT2D eigenvalue weighted by molar-refractivity contribution is -0.135. The molecule has 0 aliphatic heterocycles. The Labute approximate surface area is 132 Å². The quantitative estimate of drug-likeness (QED) is 0.713. The van der Waals surface area contributed by atoms with E-state index in [2.05, 4.69) is 10.3 Å². The summed E-state index contributed by atoms with van der Waals surface area (Å²) >= 11 is 0. The Morgan fingerprint density at radius 2 is 1.83 bits per heavy atom. The number of anilines is 1. The summed E-state index contributed by atoms with van der Waals surface area (Å²) in [5.41, 5.74) is 0.767. The molecule has 0 atom stereocenters. The first-order valence-electron chi connectivity index (χ1n) is 6.41. The molecule has 0 bridgehead atoms. The van der Waals surface area contributed by atoms with E-state index in [1.165, 1.54) is 30.5 Å². The van der Waals surface area contributed by atoms with Crippen LogP contribution in [0.2, 0.25) is 0 Å². The van der Waals surface area contributed by atoms with Crippen LogP contribution in [0.25, 0.3) is 0 Å². The molecular weight excluding hydrogens is 322 g/mol. The van der Waals surface area contributed by atoms with E-state index in [4.69, 9.17) is 5.11 Å². The number of rotatable bonds is 6. The van der Waals surface area contributed by atoms with Crippen LogP contribution in [-0.2, 0) is 14.8 Å². The van der Waals surface area contributed by atoms with Gasteiger partial charge in [0, 0.05) is 18.1 Å². The summed E-state index contributed by atoms with van der Waals surface area (Å²) in [4.78, 5) is 26.1. The van der Waals surface area contributed by atoms with Gasteiger partial charge in [0.1, 0.15) is 6.54 Å². The Kier molecular flexibility index (Phi) is 5.04. The van der Waals surface area contributed by atoms with E-state index in [9.17, 15) is 18.0 Å². The molecule has 0 saturated heterocycles. The molecule has 0 fully saturated rings. The van der Waals surface area contributed by atoms with Gasteiger partial charge in [0.15, 0.2) is 0 Å². The van der Waals surface area contributed by atoms with Crippen LogP contribution in [0.5, 0.6) is 0 Å². The first kappa shape index (κ1) is 16.6. The molecule has 8 nitrogen and oxygen atoms in total. The van der Waals surface area contributed by atoms with Crippen molar-refractivity contribution in [3.8, 4) is 0 Å². The maximum atomic E-state index is 11.9. The fraction of sp³-hybridized carbons (Fsp3) is 0.0714. The fourth-order valence-corrected chi connectivity index (χ4v) is 2.63. The lowest BCUT2D eigenvalue weighted by Crippen LogP contribution is -2.29. The highest BCUT2D eigenvalue weighted by Crippen LogP contribution is 2.14. The van der Waals surface area contributed by atoms with Gasteiger partial charge in [-0.25, -0.2) is 8.42 Å². The van der Waals surface area contributed by atoms with Crippen molar-refractivity contribution in [3.63, 3.8) is 0 Å². The first-order valence-corrected chi connectivity index (χ1v) is 7.90. The SMILES string of the molecule is O=C(O)CNS(=O)(=O)c1ccc(NC(=O)c2cccnc2)cc1. The lowest BCUT2D eigenvalue weighted by Gasteiger charge is -2.07. The summed E-state index contributed by atoms with van der Waals surface area (Å²) in [7, 11) is -3.91. The molecule has 2 aromatic rings. The number of carboxylic acid groups (broad SMARTS) is 1. The molecule has 120 valence electrons. The van der Waals surface area contributed by atoms with Gasteiger partial charge in [0.25, 0.3) is 5.91 Å². The van der Waals surface area contributed by atoms with Gasteiger partial charge in [-0.1, -0.05) is 0 Å². The van der Waals surface area contributed by atoms with Crippen LogP contribution < -0.4 is 10.0 Å². The van der Waals surface area contributed by atoms with E-state index in [1.54, 1.807) is 18.3 Å². The number of amides is 1. The van der Waals surface area contributed by atoms with Crippen LogP contribution in [0.1, 0.15) is 10.4 Å². The molecule has 0 saturated carbocycles. The molecule has 0 radical (unpaired) electrons. The molecule has 1 aromatic heterocycles. The predicted octanol–water partition coefficient (Wildman–Crippen LogP) is 0.697. The van der Waals surface area contributed by atoms with Crippen LogP contribution in [0.15, 0.2) is 53.7 Å². The van der Waals surface area contributed by atoms with E-state index < -0.39 is 22.5 Å². The number of carbonyl (C=O) groups excluding carboxylic acids is 1. The third kappa shape index (κ3) is 4.59. The Balaban J connectivity index is 2.08. The van der Waals surface area contributed by atoms with Crippen LogP contribution in [-0.4, -0.2) is 36.9 Å². The average molecular weight is 335 g/mol. The van der Waals surface area contributed by atoms with Crippen molar-refractivity contribution in [2.45, 2.75) is 4.90 Å². The number of carbonyl (C=O) groups is 2. The number of pyridine rings is 1. The third-order valence-corrected chi connectivity index (χ3v) is 4.18. The van der Waals surface area contributed by atoms with Gasteiger partial charge in [-0.3, -0.25) is 14.6 Å². The smallest absolute Gasteiger partial charge is 0.318 e. The Hall–Kier alpha value is -2.78. The van der Waals surface area contributed by atoms with E-state index in [0.29, 0.717) is 11.3 Å². The van der Waals surface area contributed by atoms with Gasteiger partial charge in [-0.2, -0.15) is 4.72 Å². The number of nitrogens with zero attached hydrogens (tertiary/aromatic N) is 1. The van der Waals surface area contributed by atoms with Crippen molar-refractivity contribution in [1.82, 2.24) is 9.71 Å². The monoisotopic (exact) mass is 335 g/mol. The summed E-state index contributed by atoms with van der Waals surface area (Å²) in [5, 5.41) is 11.1. The second-order valence-corrected chi connectivity index (χ2v) is 6.21. The Morgan fingerprint density at radius 1 is 1.13 bits per heavy atom. The number of nitrogens with one attached hydrogen (secondary N) is 2. The zero-order valence-electron chi connectivity index (χ0n) is 11.8. The topological polar surface area (TPSA) is 125 Å². The number of hydrogen-bond donors (Lipinski definition) is 3. The number of hydrogen-bond acceptors (Lipinski definition) is 5. The molecule has 0 unspecified atom stereocenters. The maximum Gasteiger partial charge on any atom is 0.318 e. The molecule has 2 rings (SSSR count). The average Bonchev–Trinajstić information content (AvgIpc) is 2.54. The van der Waals surface area contributed by atoms with Crippen molar-refractivity contribution in [3.05, 3.63) is 54.4 Å². The zero-order valence-corrected chi connectivity index (χ0v) is 12.6. The normalized spacial score (nSPS) is 11.0. The number of benzene rings is 1. The van der Waals surface area contributed by atoms with E-state index >= 15 is 0 Å². The minimum atomic E-state index is -3.91. The van der Waals surface area contributed by atoms with Gasteiger partial charge in [-0.15, -0.1) is 0 Å². The van der Waals surface area contributed by atoms with Gasteiger partial charge < -0.3 is 10.4 Å². The van der Waals surface area contributed by atoms with Crippen LogP contribution in [0.4, 0.5) is 5.69 Å². The second kappa shape index (κ2) is 6.99. The van der Waals surface area contributed by atoms with Crippen molar-refractivity contribution in [2.75, 3.05) is 11.9 Å². The van der Waals surface area contributed by atoms with Gasteiger partial charge in [-0.05, 0) is 36.4 Å². The molecule has 23 heavy (non-hydrogen) atoms. The number of sulfonamides is 1.